The number of allylic oxidation sites excluding steroid dienone is 1. The molecule has 0 bridgehead atoms. The molecule has 8 nitrogen and oxygen atoms in total. The highest BCUT2D eigenvalue weighted by Crippen LogP contribution is 2.29. The highest BCUT2D eigenvalue weighted by Gasteiger charge is 2.10. The number of hydrogen-bond donors (Lipinski definition) is 1. The van der Waals surface area contributed by atoms with Crippen molar-refractivity contribution in [3.05, 3.63) is 59.2 Å². The maximum atomic E-state index is 12.1. The predicted molar refractivity (Wildman–Crippen MR) is 104 cm³/mol. The second-order valence-electron chi connectivity index (χ2n) is 5.60. The number of carbonyl (C=O) groups is 2. The van der Waals surface area contributed by atoms with E-state index in [1.807, 2.05) is 0 Å². The Morgan fingerprint density at radius 3 is 2.31 bits per heavy atom. The lowest BCUT2D eigenvalue weighted by Crippen LogP contribution is -2.20. The van der Waals surface area contributed by atoms with E-state index < -0.39 is 11.9 Å². The van der Waals surface area contributed by atoms with Crippen molar-refractivity contribution in [2.45, 2.75) is 0 Å². The molecule has 0 aliphatic carbocycles. The van der Waals surface area contributed by atoms with Gasteiger partial charge in [0.05, 0.1) is 19.8 Å². The number of ether oxygens (including phenoxy) is 3. The van der Waals surface area contributed by atoms with Gasteiger partial charge in [0.25, 0.3) is 5.91 Å². The number of amides is 1. The van der Waals surface area contributed by atoms with Gasteiger partial charge >= 0.3 is 5.97 Å². The average Bonchev–Trinajstić information content (AvgIpc) is 2.76. The van der Waals surface area contributed by atoms with Crippen molar-refractivity contribution >= 4 is 23.6 Å². The average molecular weight is 391 g/mol. The van der Waals surface area contributed by atoms with Crippen molar-refractivity contribution in [3.63, 3.8) is 0 Å². The molecule has 2 aromatic carbocycles. The van der Waals surface area contributed by atoms with Gasteiger partial charge < -0.3 is 19.5 Å². The van der Waals surface area contributed by atoms with Gasteiger partial charge in [0.2, 0.25) is 0 Å². The smallest absolute Gasteiger partial charge is 0.337 e. The first-order valence-electron chi connectivity index (χ1n) is 8.31. The van der Waals surface area contributed by atoms with E-state index in [1.165, 1.54) is 32.4 Å². The van der Waals surface area contributed by atoms with Crippen molar-refractivity contribution < 1.29 is 23.8 Å². The quantitative estimate of drug-likeness (QED) is 0.569. The monoisotopic (exact) mass is 391 g/mol. The molecule has 146 valence electrons. The Hall–Kier alpha value is -4.30. The lowest BCUT2D eigenvalue weighted by atomic mass is 10.1. The molecular formula is C21H17N3O5. The van der Waals surface area contributed by atoms with E-state index in [1.54, 1.807) is 42.5 Å². The van der Waals surface area contributed by atoms with E-state index in [9.17, 15) is 9.59 Å². The predicted octanol–water partition coefficient (Wildman–Crippen LogP) is 2.93. The molecule has 0 atom stereocenters. The van der Waals surface area contributed by atoms with Crippen LogP contribution in [0, 0.1) is 22.7 Å². The molecule has 0 aromatic heterocycles. The van der Waals surface area contributed by atoms with Crippen LogP contribution in [0.1, 0.15) is 15.9 Å². The van der Waals surface area contributed by atoms with E-state index in [-0.39, 0.29) is 12.2 Å². The lowest BCUT2D eigenvalue weighted by molar-refractivity contribution is -0.118. The van der Waals surface area contributed by atoms with Crippen LogP contribution in [0.3, 0.4) is 0 Å². The van der Waals surface area contributed by atoms with Crippen LogP contribution in [0.15, 0.2) is 48.0 Å². The summed E-state index contributed by atoms with van der Waals surface area (Å²) in [7, 11) is 2.73. The molecule has 2 rings (SSSR count). The second kappa shape index (κ2) is 10.1. The zero-order valence-corrected chi connectivity index (χ0v) is 15.8. The van der Waals surface area contributed by atoms with Gasteiger partial charge in [-0.15, -0.1) is 0 Å². The molecule has 0 aliphatic rings. The number of nitrogens with zero attached hydrogens (tertiary/aromatic N) is 2. The van der Waals surface area contributed by atoms with E-state index in [0.29, 0.717) is 28.3 Å². The van der Waals surface area contributed by atoms with Crippen LogP contribution in [0.2, 0.25) is 0 Å². The molecule has 0 heterocycles. The van der Waals surface area contributed by atoms with Crippen LogP contribution in [-0.4, -0.2) is 32.7 Å². The van der Waals surface area contributed by atoms with Crippen molar-refractivity contribution in [2.24, 2.45) is 0 Å². The molecule has 0 saturated heterocycles. The van der Waals surface area contributed by atoms with Gasteiger partial charge in [0, 0.05) is 5.69 Å². The van der Waals surface area contributed by atoms with Gasteiger partial charge in [-0.1, -0.05) is 6.07 Å². The third-order valence-corrected chi connectivity index (χ3v) is 3.69. The maximum Gasteiger partial charge on any atom is 0.337 e. The van der Waals surface area contributed by atoms with E-state index in [2.05, 4.69) is 10.1 Å². The third kappa shape index (κ3) is 5.84. The summed E-state index contributed by atoms with van der Waals surface area (Å²) in [6.45, 7) is -0.272. The van der Waals surface area contributed by atoms with Crippen LogP contribution in [0.25, 0.3) is 6.08 Å². The van der Waals surface area contributed by atoms with Gasteiger partial charge in [-0.05, 0) is 48.0 Å². The number of hydrogen-bond acceptors (Lipinski definition) is 7. The minimum absolute atomic E-state index is 0.0432. The van der Waals surface area contributed by atoms with E-state index in [4.69, 9.17) is 20.0 Å². The first-order valence-corrected chi connectivity index (χ1v) is 8.31. The first-order chi connectivity index (χ1) is 14.0. The summed E-state index contributed by atoms with van der Waals surface area (Å²) in [4.78, 5) is 23.5. The molecule has 0 spiro atoms. The number of esters is 1. The Kier molecular flexibility index (Phi) is 7.35. The van der Waals surface area contributed by atoms with Crippen LogP contribution >= 0.6 is 0 Å². The minimum Gasteiger partial charge on any atom is -0.493 e. The molecule has 0 unspecified atom stereocenters. The molecule has 0 fully saturated rings. The van der Waals surface area contributed by atoms with Crippen molar-refractivity contribution in [1.82, 2.24) is 0 Å². The van der Waals surface area contributed by atoms with E-state index >= 15 is 0 Å². The Morgan fingerprint density at radius 1 is 1.03 bits per heavy atom. The van der Waals surface area contributed by atoms with Gasteiger partial charge in [-0.2, -0.15) is 10.5 Å². The highest BCUT2D eigenvalue weighted by atomic mass is 16.5. The number of carbonyl (C=O) groups excluding carboxylic acids is 2. The van der Waals surface area contributed by atoms with Crippen LogP contribution in [0.4, 0.5) is 5.69 Å². The molecule has 8 heteroatoms. The summed E-state index contributed by atoms with van der Waals surface area (Å²) >= 11 is 0. The summed E-state index contributed by atoms with van der Waals surface area (Å²) in [5.41, 5.74) is 1.41. The Balaban J connectivity index is 2.01. The van der Waals surface area contributed by atoms with Crippen molar-refractivity contribution in [1.29, 1.82) is 10.5 Å². The van der Waals surface area contributed by atoms with Gasteiger partial charge in [-0.3, -0.25) is 4.79 Å². The normalized spacial score (nSPS) is 9.38. The minimum atomic E-state index is -0.465. The number of rotatable bonds is 7. The van der Waals surface area contributed by atoms with Gasteiger partial charge in [-0.25, -0.2) is 4.79 Å². The number of nitriles is 2. The molecule has 0 radical (unpaired) electrons. The Labute approximate surface area is 167 Å². The summed E-state index contributed by atoms with van der Waals surface area (Å²) in [6, 6.07) is 14.6. The van der Waals surface area contributed by atoms with Crippen LogP contribution in [-0.2, 0) is 9.53 Å². The fourth-order valence-corrected chi connectivity index (χ4v) is 2.30. The van der Waals surface area contributed by atoms with E-state index in [0.717, 1.165) is 0 Å². The molecular weight excluding hydrogens is 374 g/mol. The highest BCUT2D eigenvalue weighted by molar-refractivity contribution is 5.93. The first kappa shape index (κ1) is 21.0. The summed E-state index contributed by atoms with van der Waals surface area (Å²) in [6.07, 6.45) is 1.41. The van der Waals surface area contributed by atoms with Gasteiger partial charge in [0.15, 0.2) is 18.1 Å². The van der Waals surface area contributed by atoms with Crippen molar-refractivity contribution in [3.8, 4) is 23.6 Å². The number of anilines is 1. The molecule has 29 heavy (non-hydrogen) atoms. The lowest BCUT2D eigenvalue weighted by Gasteiger charge is -2.11. The Morgan fingerprint density at radius 2 is 1.72 bits per heavy atom. The number of benzene rings is 2. The topological polar surface area (TPSA) is 121 Å². The largest absolute Gasteiger partial charge is 0.493 e. The number of nitrogens with one attached hydrogen (secondary N) is 1. The Bertz CT molecular complexity index is 998. The number of methoxy groups -OCH3 is 2. The molecule has 0 saturated carbocycles. The molecule has 2 aromatic rings. The van der Waals surface area contributed by atoms with Gasteiger partial charge in [0.1, 0.15) is 17.7 Å². The maximum absolute atomic E-state index is 12.1. The summed E-state index contributed by atoms with van der Waals surface area (Å²) in [5.74, 6) is -0.188. The second-order valence-corrected chi connectivity index (χ2v) is 5.60. The zero-order chi connectivity index (χ0) is 21.2. The molecule has 1 N–H and O–H groups in total. The van der Waals surface area contributed by atoms with Crippen molar-refractivity contribution in [2.75, 3.05) is 26.1 Å². The van der Waals surface area contributed by atoms with Crippen LogP contribution < -0.4 is 14.8 Å². The third-order valence-electron chi connectivity index (χ3n) is 3.69. The fraction of sp³-hybridized carbons (Fsp3) is 0.143. The van der Waals surface area contributed by atoms with Crippen LogP contribution in [0.5, 0.6) is 11.5 Å². The SMILES string of the molecule is COC(=O)c1ccc(NC(=O)COc2ccc(C=C(C#N)C#N)cc2OC)cc1. The molecule has 1 amide bonds. The summed E-state index contributed by atoms with van der Waals surface area (Å²) < 4.78 is 15.3. The standard InChI is InChI=1S/C21H17N3O5/c1-27-19-10-14(9-15(11-22)12-23)3-8-18(19)29-13-20(25)24-17-6-4-16(5-7-17)21(26)28-2/h3-10H,13H2,1-2H3,(H,24,25). The fourth-order valence-electron chi connectivity index (χ4n) is 2.30. The molecule has 0 aliphatic heterocycles. The zero-order valence-electron chi connectivity index (χ0n) is 15.8. The summed E-state index contributed by atoms with van der Waals surface area (Å²) in [5, 5.41) is 20.3.